The number of aliphatic hydroxyl groups is 1. The van der Waals surface area contributed by atoms with E-state index in [1.54, 1.807) is 0 Å². The smallest absolute Gasteiger partial charge is 0.0843 e. The third kappa shape index (κ3) is 3.70. The molecule has 1 aromatic heterocycles. The third-order valence-corrected chi connectivity index (χ3v) is 4.74. The van der Waals surface area contributed by atoms with Crippen molar-refractivity contribution in [3.05, 3.63) is 46.4 Å². The number of unbranched alkanes of at least 4 members (excludes halogenated alkanes) is 1. The maximum Gasteiger partial charge on any atom is 0.0843 e. The molecule has 128 valence electrons. The van der Waals surface area contributed by atoms with Gasteiger partial charge < -0.3 is 15.0 Å². The molecule has 3 rings (SSSR count). The van der Waals surface area contributed by atoms with E-state index in [1.807, 2.05) is 36.4 Å². The molecular weight excluding hydrogens is 343 g/mol. The highest BCUT2D eigenvalue weighted by Gasteiger charge is 2.14. The molecule has 0 unspecified atom stereocenters. The van der Waals surface area contributed by atoms with Gasteiger partial charge in [0.15, 0.2) is 0 Å². The molecule has 5 heteroatoms. The molecule has 0 amide bonds. The van der Waals surface area contributed by atoms with E-state index >= 15 is 0 Å². The molecule has 0 aliphatic carbocycles. The van der Waals surface area contributed by atoms with Crippen molar-refractivity contribution in [3.63, 3.8) is 0 Å². The maximum absolute atomic E-state index is 10.4. The highest BCUT2D eigenvalue weighted by atomic mass is 35.5. The maximum atomic E-state index is 10.4. The molecule has 0 bridgehead atoms. The summed E-state index contributed by atoms with van der Waals surface area (Å²) in [5, 5.41) is 17.2. The van der Waals surface area contributed by atoms with Crippen molar-refractivity contribution in [2.45, 2.75) is 32.4 Å². The number of fused-ring (bicyclic) bond motifs is 3. The predicted molar refractivity (Wildman–Crippen MR) is 103 cm³/mol. The van der Waals surface area contributed by atoms with Crippen molar-refractivity contribution in [2.24, 2.45) is 0 Å². The molecule has 3 aromatic rings. The Bertz CT molecular complexity index is 785. The van der Waals surface area contributed by atoms with Gasteiger partial charge in [-0.25, -0.2) is 0 Å². The molecule has 0 radical (unpaired) electrons. The SMILES string of the molecule is CCCCNC[C@@H](O)Cn1c2ccc(Cl)cc2c2cc(Cl)ccc21. The number of halogens is 2. The van der Waals surface area contributed by atoms with E-state index in [2.05, 4.69) is 16.8 Å². The van der Waals surface area contributed by atoms with Gasteiger partial charge >= 0.3 is 0 Å². The zero-order valence-corrected chi connectivity index (χ0v) is 15.2. The third-order valence-electron chi connectivity index (χ3n) is 4.27. The van der Waals surface area contributed by atoms with Crippen molar-refractivity contribution in [2.75, 3.05) is 13.1 Å². The van der Waals surface area contributed by atoms with Crippen LogP contribution < -0.4 is 5.32 Å². The largest absolute Gasteiger partial charge is 0.390 e. The van der Waals surface area contributed by atoms with E-state index in [4.69, 9.17) is 23.2 Å². The van der Waals surface area contributed by atoms with Crippen LogP contribution in [-0.4, -0.2) is 28.9 Å². The van der Waals surface area contributed by atoms with E-state index in [9.17, 15) is 5.11 Å². The van der Waals surface area contributed by atoms with Crippen molar-refractivity contribution in [1.82, 2.24) is 9.88 Å². The van der Waals surface area contributed by atoms with Gasteiger partial charge in [0.1, 0.15) is 0 Å². The predicted octanol–water partition coefficient (Wildman–Crippen LogP) is 4.85. The van der Waals surface area contributed by atoms with Gasteiger partial charge in [-0.1, -0.05) is 36.5 Å². The van der Waals surface area contributed by atoms with E-state index in [-0.39, 0.29) is 0 Å². The number of nitrogens with one attached hydrogen (secondary N) is 1. The van der Waals surface area contributed by atoms with Crippen molar-refractivity contribution >= 4 is 45.0 Å². The molecule has 0 saturated carbocycles. The summed E-state index contributed by atoms with van der Waals surface area (Å²) in [4.78, 5) is 0. The summed E-state index contributed by atoms with van der Waals surface area (Å²) in [6.45, 7) is 4.21. The van der Waals surface area contributed by atoms with E-state index in [0.29, 0.717) is 23.1 Å². The summed E-state index contributed by atoms with van der Waals surface area (Å²) in [6.07, 6.45) is 1.82. The minimum Gasteiger partial charge on any atom is -0.390 e. The van der Waals surface area contributed by atoms with Crippen LogP contribution in [0.5, 0.6) is 0 Å². The second-order valence-corrected chi connectivity index (χ2v) is 7.02. The lowest BCUT2D eigenvalue weighted by atomic mass is 10.1. The van der Waals surface area contributed by atoms with Crippen molar-refractivity contribution in [1.29, 1.82) is 0 Å². The van der Waals surface area contributed by atoms with Gasteiger partial charge in [-0.15, -0.1) is 0 Å². The second kappa shape index (κ2) is 7.75. The Morgan fingerprint density at radius 1 is 1.04 bits per heavy atom. The first kappa shape index (κ1) is 17.6. The van der Waals surface area contributed by atoms with Gasteiger partial charge in [-0.05, 0) is 49.4 Å². The summed E-state index contributed by atoms with van der Waals surface area (Å²) < 4.78 is 2.14. The molecule has 0 spiro atoms. The highest BCUT2D eigenvalue weighted by molar-refractivity contribution is 6.33. The van der Waals surface area contributed by atoms with Gasteiger partial charge in [0.05, 0.1) is 12.6 Å². The minimum atomic E-state index is -0.452. The van der Waals surface area contributed by atoms with E-state index in [1.165, 1.54) is 0 Å². The molecule has 3 nitrogen and oxygen atoms in total. The zero-order valence-electron chi connectivity index (χ0n) is 13.7. The lowest BCUT2D eigenvalue weighted by molar-refractivity contribution is 0.154. The Hall–Kier alpha value is -1.26. The molecule has 0 aliphatic heterocycles. The van der Waals surface area contributed by atoms with Crippen LogP contribution in [0.4, 0.5) is 0 Å². The number of benzene rings is 2. The van der Waals surface area contributed by atoms with Crippen LogP contribution in [0.3, 0.4) is 0 Å². The number of aromatic nitrogens is 1. The molecule has 0 saturated heterocycles. The normalized spacial score (nSPS) is 13.0. The highest BCUT2D eigenvalue weighted by Crippen LogP contribution is 2.32. The fourth-order valence-electron chi connectivity index (χ4n) is 3.09. The number of nitrogens with zero attached hydrogens (tertiary/aromatic N) is 1. The lowest BCUT2D eigenvalue weighted by Gasteiger charge is -2.15. The molecule has 0 fully saturated rings. The van der Waals surface area contributed by atoms with Crippen LogP contribution in [-0.2, 0) is 6.54 Å². The van der Waals surface area contributed by atoms with Gasteiger partial charge in [0, 0.05) is 38.4 Å². The topological polar surface area (TPSA) is 37.2 Å². The molecule has 0 aliphatic rings. The molecule has 1 atom stereocenters. The summed E-state index contributed by atoms with van der Waals surface area (Å²) in [7, 11) is 0. The van der Waals surface area contributed by atoms with Gasteiger partial charge in [0.2, 0.25) is 0 Å². The first-order valence-corrected chi connectivity index (χ1v) is 9.11. The minimum absolute atomic E-state index is 0.452. The first-order valence-electron chi connectivity index (χ1n) is 8.36. The van der Waals surface area contributed by atoms with E-state index < -0.39 is 6.10 Å². The fraction of sp³-hybridized carbons (Fsp3) is 0.368. The fourth-order valence-corrected chi connectivity index (χ4v) is 3.44. The number of hydrogen-bond acceptors (Lipinski definition) is 2. The van der Waals surface area contributed by atoms with Gasteiger partial charge in [0.25, 0.3) is 0 Å². The summed E-state index contributed by atoms with van der Waals surface area (Å²) in [5.41, 5.74) is 2.12. The van der Waals surface area contributed by atoms with E-state index in [0.717, 1.165) is 41.2 Å². The van der Waals surface area contributed by atoms with Crippen LogP contribution >= 0.6 is 23.2 Å². The average Bonchev–Trinajstić information content (AvgIpc) is 2.84. The molecule has 24 heavy (non-hydrogen) atoms. The first-order chi connectivity index (χ1) is 11.6. The Balaban J connectivity index is 1.93. The number of hydrogen-bond donors (Lipinski definition) is 2. The van der Waals surface area contributed by atoms with Crippen LogP contribution in [0.15, 0.2) is 36.4 Å². The monoisotopic (exact) mass is 364 g/mol. The van der Waals surface area contributed by atoms with Crippen molar-refractivity contribution in [3.8, 4) is 0 Å². The zero-order chi connectivity index (χ0) is 17.1. The quantitative estimate of drug-likeness (QED) is 0.587. The summed E-state index contributed by atoms with van der Waals surface area (Å²) in [6, 6.07) is 11.7. The molecule has 1 heterocycles. The molecular formula is C19H22Cl2N2O. The number of rotatable bonds is 7. The molecule has 2 N–H and O–H groups in total. The standard InChI is InChI=1S/C19H22Cl2N2O/c1-2-3-8-22-11-15(24)12-23-18-6-4-13(20)9-16(18)17-10-14(21)5-7-19(17)23/h4-7,9-10,15,22,24H,2-3,8,11-12H2,1H3/t15-/m1/s1. The average molecular weight is 365 g/mol. The van der Waals surface area contributed by atoms with Crippen molar-refractivity contribution < 1.29 is 5.11 Å². The lowest BCUT2D eigenvalue weighted by Crippen LogP contribution is -2.30. The Morgan fingerprint density at radius 2 is 1.62 bits per heavy atom. The van der Waals surface area contributed by atoms with Gasteiger partial charge in [-0.2, -0.15) is 0 Å². The van der Waals surface area contributed by atoms with Crippen LogP contribution in [0.1, 0.15) is 19.8 Å². The Morgan fingerprint density at radius 3 is 2.17 bits per heavy atom. The molecule has 2 aromatic carbocycles. The summed E-state index contributed by atoms with van der Waals surface area (Å²) in [5.74, 6) is 0. The summed E-state index contributed by atoms with van der Waals surface area (Å²) >= 11 is 12.3. The second-order valence-electron chi connectivity index (χ2n) is 6.15. The van der Waals surface area contributed by atoms with Gasteiger partial charge in [-0.3, -0.25) is 0 Å². The van der Waals surface area contributed by atoms with Crippen LogP contribution in [0.25, 0.3) is 21.8 Å². The number of aliphatic hydroxyl groups excluding tert-OH is 1. The van der Waals surface area contributed by atoms with Crippen LogP contribution in [0, 0.1) is 0 Å². The Kier molecular flexibility index (Phi) is 5.67. The Labute approximate surface area is 152 Å². The van der Waals surface area contributed by atoms with Crippen LogP contribution in [0.2, 0.25) is 10.0 Å².